The maximum atomic E-state index is 13.9. The highest BCUT2D eigenvalue weighted by molar-refractivity contribution is 9.10. The van der Waals surface area contributed by atoms with Gasteiger partial charge < -0.3 is 19.0 Å². The van der Waals surface area contributed by atoms with Gasteiger partial charge in [0.1, 0.15) is 5.58 Å². The van der Waals surface area contributed by atoms with E-state index in [0.717, 1.165) is 4.47 Å². The minimum Gasteiger partial charge on any atom is -0.503 e. The third-order valence-corrected chi connectivity index (χ3v) is 7.28. The average Bonchev–Trinajstić information content (AvgIpc) is 3.43. The SMILES string of the molecule is COc1ccc(C2C(C(=O)c3cc4cc(Br)ccc4o3)=C(O)C(=O)N2c2cccc(Cl)c2C)cc1OC. The first-order chi connectivity index (χ1) is 17.7. The summed E-state index contributed by atoms with van der Waals surface area (Å²) in [7, 11) is 3.01. The summed E-state index contributed by atoms with van der Waals surface area (Å²) >= 11 is 9.79. The number of ether oxygens (including phenoxy) is 2. The van der Waals surface area contributed by atoms with Gasteiger partial charge in [0.15, 0.2) is 23.0 Å². The normalized spacial score (nSPS) is 15.5. The van der Waals surface area contributed by atoms with Gasteiger partial charge in [-0.2, -0.15) is 0 Å². The molecule has 0 saturated carbocycles. The Labute approximate surface area is 226 Å². The van der Waals surface area contributed by atoms with Gasteiger partial charge >= 0.3 is 0 Å². The summed E-state index contributed by atoms with van der Waals surface area (Å²) in [6.07, 6.45) is 0. The van der Waals surface area contributed by atoms with Crippen molar-refractivity contribution in [2.24, 2.45) is 0 Å². The largest absolute Gasteiger partial charge is 0.503 e. The van der Waals surface area contributed by atoms with Crippen LogP contribution in [0.2, 0.25) is 5.02 Å². The van der Waals surface area contributed by atoms with E-state index in [1.54, 1.807) is 61.5 Å². The maximum Gasteiger partial charge on any atom is 0.294 e. The number of ketones is 1. The fourth-order valence-electron chi connectivity index (χ4n) is 4.54. The Morgan fingerprint density at radius 2 is 1.81 bits per heavy atom. The van der Waals surface area contributed by atoms with Crippen LogP contribution in [0.1, 0.15) is 27.7 Å². The topological polar surface area (TPSA) is 89.2 Å². The van der Waals surface area contributed by atoms with Crippen molar-refractivity contribution in [1.29, 1.82) is 0 Å². The minimum atomic E-state index is -0.989. The number of methoxy groups -OCH3 is 2. The van der Waals surface area contributed by atoms with Gasteiger partial charge in [0.25, 0.3) is 5.91 Å². The number of aliphatic hydroxyl groups excluding tert-OH is 1. The molecule has 7 nitrogen and oxygen atoms in total. The number of halogens is 2. The molecule has 2 heterocycles. The van der Waals surface area contributed by atoms with Crippen LogP contribution >= 0.6 is 27.5 Å². The van der Waals surface area contributed by atoms with Crippen molar-refractivity contribution < 1.29 is 28.6 Å². The predicted molar refractivity (Wildman–Crippen MR) is 144 cm³/mol. The van der Waals surface area contributed by atoms with Crippen LogP contribution in [0.4, 0.5) is 5.69 Å². The first-order valence-electron chi connectivity index (χ1n) is 11.2. The number of nitrogens with zero attached hydrogens (tertiary/aromatic N) is 1. The third kappa shape index (κ3) is 4.16. The second-order valence-corrected chi connectivity index (χ2v) is 9.78. The third-order valence-electron chi connectivity index (χ3n) is 6.38. The van der Waals surface area contributed by atoms with E-state index in [0.29, 0.717) is 44.3 Å². The smallest absolute Gasteiger partial charge is 0.294 e. The molecule has 3 aromatic carbocycles. The molecule has 0 fully saturated rings. The molecule has 0 bridgehead atoms. The highest BCUT2D eigenvalue weighted by Gasteiger charge is 2.46. The summed E-state index contributed by atoms with van der Waals surface area (Å²) in [5, 5.41) is 12.2. The summed E-state index contributed by atoms with van der Waals surface area (Å²) < 4.78 is 17.5. The maximum absolute atomic E-state index is 13.9. The van der Waals surface area contributed by atoms with E-state index >= 15 is 0 Å². The number of furan rings is 1. The molecule has 1 N–H and O–H groups in total. The number of carbonyl (C=O) groups excluding carboxylic acids is 2. The van der Waals surface area contributed by atoms with Crippen molar-refractivity contribution in [3.05, 3.63) is 98.4 Å². The molecule has 1 atom stereocenters. The van der Waals surface area contributed by atoms with Gasteiger partial charge in [-0.05, 0) is 66.6 Å². The summed E-state index contributed by atoms with van der Waals surface area (Å²) in [6.45, 7) is 1.77. The predicted octanol–water partition coefficient (Wildman–Crippen LogP) is 6.96. The number of aliphatic hydroxyl groups is 1. The lowest BCUT2D eigenvalue weighted by Gasteiger charge is -2.28. The van der Waals surface area contributed by atoms with Gasteiger partial charge in [-0.25, -0.2) is 0 Å². The van der Waals surface area contributed by atoms with Crippen LogP contribution in [0.15, 0.2) is 80.9 Å². The van der Waals surface area contributed by atoms with Crippen molar-refractivity contribution in [3.63, 3.8) is 0 Å². The Bertz CT molecular complexity index is 1610. The van der Waals surface area contributed by atoms with E-state index in [4.69, 9.17) is 25.5 Å². The molecule has 5 rings (SSSR count). The molecule has 9 heteroatoms. The van der Waals surface area contributed by atoms with Crippen LogP contribution in [0.5, 0.6) is 11.5 Å². The number of Topliss-reactive ketones (excluding diaryl/α,β-unsaturated/α-hetero) is 1. The molecule has 0 aliphatic carbocycles. The lowest BCUT2D eigenvalue weighted by molar-refractivity contribution is -0.117. The van der Waals surface area contributed by atoms with Gasteiger partial charge in [0.2, 0.25) is 5.78 Å². The Morgan fingerprint density at radius 1 is 1.05 bits per heavy atom. The van der Waals surface area contributed by atoms with Crippen molar-refractivity contribution in [1.82, 2.24) is 0 Å². The summed E-state index contributed by atoms with van der Waals surface area (Å²) in [4.78, 5) is 28.8. The van der Waals surface area contributed by atoms with Gasteiger partial charge in [0.05, 0.1) is 25.8 Å². The number of hydrogen-bond acceptors (Lipinski definition) is 6. The average molecular weight is 583 g/mol. The molecular formula is C28H21BrClNO6. The van der Waals surface area contributed by atoms with Crippen LogP contribution < -0.4 is 14.4 Å². The number of benzene rings is 3. The Hall–Kier alpha value is -3.75. The zero-order chi connectivity index (χ0) is 26.4. The molecular weight excluding hydrogens is 562 g/mol. The number of hydrogen-bond donors (Lipinski definition) is 1. The van der Waals surface area contributed by atoms with E-state index in [-0.39, 0.29) is 11.3 Å². The number of amides is 1. The summed E-state index contributed by atoms with van der Waals surface area (Å²) in [6, 6.07) is 16.1. The molecule has 0 spiro atoms. The van der Waals surface area contributed by atoms with Crippen LogP contribution in [-0.4, -0.2) is 31.0 Å². The molecule has 37 heavy (non-hydrogen) atoms. The lowest BCUT2D eigenvalue weighted by atomic mass is 9.94. The van der Waals surface area contributed by atoms with Crippen LogP contribution in [-0.2, 0) is 4.79 Å². The van der Waals surface area contributed by atoms with E-state index in [1.807, 2.05) is 6.07 Å². The molecule has 4 aromatic rings. The van der Waals surface area contributed by atoms with E-state index < -0.39 is 23.5 Å². The monoisotopic (exact) mass is 581 g/mol. The molecule has 1 aliphatic heterocycles. The highest BCUT2D eigenvalue weighted by atomic mass is 79.9. The first kappa shape index (κ1) is 24.9. The van der Waals surface area contributed by atoms with Crippen LogP contribution in [0.25, 0.3) is 11.0 Å². The molecule has 1 amide bonds. The van der Waals surface area contributed by atoms with E-state index in [9.17, 15) is 14.7 Å². The van der Waals surface area contributed by atoms with Crippen molar-refractivity contribution in [2.75, 3.05) is 19.1 Å². The molecule has 0 saturated heterocycles. The minimum absolute atomic E-state index is 0.00223. The number of carbonyl (C=O) groups is 2. The van der Waals surface area contributed by atoms with Gasteiger partial charge in [-0.1, -0.05) is 39.7 Å². The lowest BCUT2D eigenvalue weighted by Crippen LogP contribution is -2.31. The first-order valence-corrected chi connectivity index (χ1v) is 12.4. The fourth-order valence-corrected chi connectivity index (χ4v) is 5.09. The second-order valence-electron chi connectivity index (χ2n) is 8.46. The number of anilines is 1. The molecule has 188 valence electrons. The van der Waals surface area contributed by atoms with Gasteiger partial charge in [-0.15, -0.1) is 0 Å². The Kier molecular flexibility index (Phi) is 6.47. The summed E-state index contributed by atoms with van der Waals surface area (Å²) in [5.74, 6) is -1.12. The second kappa shape index (κ2) is 9.61. The number of fused-ring (bicyclic) bond motifs is 1. The highest BCUT2D eigenvalue weighted by Crippen LogP contribution is 2.45. The van der Waals surface area contributed by atoms with Crippen molar-refractivity contribution in [2.45, 2.75) is 13.0 Å². The van der Waals surface area contributed by atoms with E-state index in [1.165, 1.54) is 19.1 Å². The standard InChI is InChI=1S/C28H21BrClNO6/c1-14-18(30)5-4-6-19(14)31-25(15-7-9-21(35-2)22(12-15)36-3)24(27(33)28(31)34)26(32)23-13-16-11-17(29)8-10-20(16)37-23/h4-13,25,33H,1-3H3. The molecule has 1 unspecified atom stereocenters. The number of rotatable bonds is 6. The summed E-state index contributed by atoms with van der Waals surface area (Å²) in [5.41, 5.74) is 1.99. The van der Waals surface area contributed by atoms with Crippen LogP contribution in [0.3, 0.4) is 0 Å². The fraction of sp³-hybridized carbons (Fsp3) is 0.143. The van der Waals surface area contributed by atoms with Crippen molar-refractivity contribution in [3.8, 4) is 11.5 Å². The Morgan fingerprint density at radius 3 is 2.54 bits per heavy atom. The van der Waals surface area contributed by atoms with E-state index in [2.05, 4.69) is 15.9 Å². The Balaban J connectivity index is 1.71. The van der Waals surface area contributed by atoms with Gasteiger partial charge in [0, 0.05) is 20.6 Å². The molecule has 1 aromatic heterocycles. The van der Waals surface area contributed by atoms with Crippen LogP contribution in [0, 0.1) is 6.92 Å². The quantitative estimate of drug-likeness (QED) is 0.247. The zero-order valence-corrected chi connectivity index (χ0v) is 22.4. The van der Waals surface area contributed by atoms with Gasteiger partial charge in [-0.3, -0.25) is 14.5 Å². The molecule has 0 radical (unpaired) electrons. The molecule has 1 aliphatic rings. The van der Waals surface area contributed by atoms with Crippen molar-refractivity contribution >= 4 is 55.9 Å². The zero-order valence-electron chi connectivity index (χ0n) is 20.0.